The first-order valence-corrected chi connectivity index (χ1v) is 5.30. The number of carboxylic acids is 1. The van der Waals surface area contributed by atoms with Gasteiger partial charge >= 0.3 is 11.9 Å². The summed E-state index contributed by atoms with van der Waals surface area (Å²) in [6.07, 6.45) is 2.26. The van der Waals surface area contributed by atoms with Crippen molar-refractivity contribution in [1.82, 2.24) is 0 Å². The number of carbonyl (C=O) groups excluding carboxylic acids is 1. The van der Waals surface area contributed by atoms with Crippen LogP contribution in [0.4, 0.5) is 0 Å². The standard InChI is InChI=1S/C11H17NO4/c1-3-5-6-7(9(12)10(13)14)8(6)11(15)16-4-2/h3,6-9H,1,4-5,12H2,2H3,(H,13,14)/t6-,7-,8-,9?/m0/s1. The fourth-order valence-corrected chi connectivity index (χ4v) is 2.12. The molecule has 1 aliphatic carbocycles. The van der Waals surface area contributed by atoms with Crippen LogP contribution >= 0.6 is 0 Å². The summed E-state index contributed by atoms with van der Waals surface area (Å²) in [5.74, 6) is -2.18. The van der Waals surface area contributed by atoms with E-state index < -0.39 is 12.0 Å². The lowest BCUT2D eigenvalue weighted by molar-refractivity contribution is -0.145. The third kappa shape index (κ3) is 2.41. The Balaban J connectivity index is 2.66. The van der Waals surface area contributed by atoms with Crippen molar-refractivity contribution in [2.45, 2.75) is 19.4 Å². The predicted octanol–water partition coefficient (Wildman–Crippen LogP) is 0.400. The average molecular weight is 227 g/mol. The van der Waals surface area contributed by atoms with Gasteiger partial charge < -0.3 is 15.6 Å². The monoisotopic (exact) mass is 227 g/mol. The average Bonchev–Trinajstić information content (AvgIpc) is 2.92. The second kappa shape index (κ2) is 5.12. The highest BCUT2D eigenvalue weighted by Crippen LogP contribution is 2.51. The Morgan fingerprint density at radius 3 is 2.69 bits per heavy atom. The first-order chi connectivity index (χ1) is 7.54. The minimum Gasteiger partial charge on any atom is -0.480 e. The molecule has 0 aromatic rings. The van der Waals surface area contributed by atoms with Crippen LogP contribution in [0.2, 0.25) is 0 Å². The van der Waals surface area contributed by atoms with Crippen LogP contribution in [0.3, 0.4) is 0 Å². The largest absolute Gasteiger partial charge is 0.480 e. The second-order valence-electron chi connectivity index (χ2n) is 3.91. The van der Waals surface area contributed by atoms with Crippen LogP contribution in [-0.2, 0) is 14.3 Å². The van der Waals surface area contributed by atoms with Gasteiger partial charge in [0.1, 0.15) is 6.04 Å². The quantitative estimate of drug-likeness (QED) is 0.506. The molecule has 0 radical (unpaired) electrons. The van der Waals surface area contributed by atoms with Crippen molar-refractivity contribution in [2.75, 3.05) is 6.61 Å². The summed E-state index contributed by atoms with van der Waals surface area (Å²) in [5.41, 5.74) is 5.53. The Labute approximate surface area is 94.3 Å². The molecule has 0 amide bonds. The van der Waals surface area contributed by atoms with Crippen LogP contribution in [0, 0.1) is 17.8 Å². The number of ether oxygens (including phenoxy) is 1. The van der Waals surface area contributed by atoms with Crippen molar-refractivity contribution in [3.05, 3.63) is 12.7 Å². The van der Waals surface area contributed by atoms with Crippen LogP contribution in [0.15, 0.2) is 12.7 Å². The van der Waals surface area contributed by atoms with Gasteiger partial charge in [-0.25, -0.2) is 0 Å². The van der Waals surface area contributed by atoms with E-state index in [1.165, 1.54) is 0 Å². The van der Waals surface area contributed by atoms with E-state index in [9.17, 15) is 9.59 Å². The fraction of sp³-hybridized carbons (Fsp3) is 0.636. The van der Waals surface area contributed by atoms with Crippen LogP contribution in [0.1, 0.15) is 13.3 Å². The molecule has 5 heteroatoms. The number of esters is 1. The van der Waals surface area contributed by atoms with E-state index in [1.807, 2.05) is 0 Å². The smallest absolute Gasteiger partial charge is 0.320 e. The molecule has 0 heterocycles. The molecule has 90 valence electrons. The third-order valence-electron chi connectivity index (χ3n) is 2.93. The molecule has 0 saturated heterocycles. The van der Waals surface area contributed by atoms with E-state index in [4.69, 9.17) is 15.6 Å². The lowest BCUT2D eigenvalue weighted by atomic mass is 10.1. The Morgan fingerprint density at radius 1 is 1.62 bits per heavy atom. The number of carboxylic acid groups (broad SMARTS) is 1. The lowest BCUT2D eigenvalue weighted by Gasteiger charge is -2.04. The van der Waals surface area contributed by atoms with Gasteiger partial charge in [-0.15, -0.1) is 6.58 Å². The summed E-state index contributed by atoms with van der Waals surface area (Å²) in [6, 6.07) is -1.00. The molecule has 1 fully saturated rings. The molecule has 1 rings (SSSR count). The summed E-state index contributed by atoms with van der Waals surface area (Å²) in [5, 5.41) is 8.80. The lowest BCUT2D eigenvalue weighted by Crippen LogP contribution is -2.34. The number of nitrogens with two attached hydrogens (primary N) is 1. The van der Waals surface area contributed by atoms with Crippen LogP contribution < -0.4 is 5.73 Å². The number of hydrogen-bond acceptors (Lipinski definition) is 4. The molecule has 0 bridgehead atoms. The Morgan fingerprint density at radius 2 is 2.25 bits per heavy atom. The molecule has 0 aromatic carbocycles. The predicted molar refractivity (Wildman–Crippen MR) is 57.5 cm³/mol. The number of allylic oxidation sites excluding steroid dienone is 1. The highest BCUT2D eigenvalue weighted by Gasteiger charge is 2.59. The molecule has 0 spiro atoms. The minimum atomic E-state index is -1.08. The third-order valence-corrected chi connectivity index (χ3v) is 2.93. The maximum absolute atomic E-state index is 11.5. The van der Waals surface area contributed by atoms with Crippen molar-refractivity contribution < 1.29 is 19.4 Å². The topological polar surface area (TPSA) is 89.6 Å². The van der Waals surface area contributed by atoms with Gasteiger partial charge in [-0.3, -0.25) is 9.59 Å². The van der Waals surface area contributed by atoms with Crippen LogP contribution in [0.25, 0.3) is 0 Å². The molecule has 3 N–H and O–H groups in total. The minimum absolute atomic E-state index is 0.0392. The Bertz CT molecular complexity index is 302. The van der Waals surface area contributed by atoms with Gasteiger partial charge in [0, 0.05) is 5.92 Å². The van der Waals surface area contributed by atoms with E-state index in [0.29, 0.717) is 13.0 Å². The number of carbonyl (C=O) groups is 2. The normalized spacial score (nSPS) is 29.2. The molecule has 4 atom stereocenters. The van der Waals surface area contributed by atoms with Gasteiger partial charge in [-0.2, -0.15) is 0 Å². The number of aliphatic carboxylic acids is 1. The van der Waals surface area contributed by atoms with E-state index in [0.717, 1.165) is 0 Å². The second-order valence-corrected chi connectivity index (χ2v) is 3.91. The number of hydrogen-bond donors (Lipinski definition) is 2. The fourth-order valence-electron chi connectivity index (χ4n) is 2.12. The van der Waals surface area contributed by atoms with Crippen molar-refractivity contribution in [2.24, 2.45) is 23.5 Å². The highest BCUT2D eigenvalue weighted by molar-refractivity contribution is 5.81. The first-order valence-electron chi connectivity index (χ1n) is 5.30. The van der Waals surface area contributed by atoms with Gasteiger partial charge in [0.05, 0.1) is 12.5 Å². The van der Waals surface area contributed by atoms with Gasteiger partial charge in [-0.05, 0) is 19.3 Å². The Hall–Kier alpha value is -1.36. The molecule has 1 saturated carbocycles. The van der Waals surface area contributed by atoms with E-state index in [1.54, 1.807) is 13.0 Å². The maximum Gasteiger partial charge on any atom is 0.320 e. The summed E-state index contributed by atoms with van der Waals surface area (Å²) >= 11 is 0. The molecule has 0 aromatic heterocycles. The van der Waals surface area contributed by atoms with Crippen molar-refractivity contribution in [3.63, 3.8) is 0 Å². The number of rotatable bonds is 6. The SMILES string of the molecule is C=CC[C@@H]1[C@H](C(=O)OCC)[C@H]1C(N)C(=O)O. The van der Waals surface area contributed by atoms with Crippen molar-refractivity contribution in [3.8, 4) is 0 Å². The van der Waals surface area contributed by atoms with E-state index in [2.05, 4.69) is 6.58 Å². The molecule has 0 aliphatic heterocycles. The molecule has 1 unspecified atom stereocenters. The van der Waals surface area contributed by atoms with Crippen molar-refractivity contribution >= 4 is 11.9 Å². The summed E-state index contributed by atoms with van der Waals surface area (Å²) in [7, 11) is 0. The van der Waals surface area contributed by atoms with Crippen LogP contribution in [0.5, 0.6) is 0 Å². The van der Waals surface area contributed by atoms with Gasteiger partial charge in [-0.1, -0.05) is 6.08 Å². The van der Waals surface area contributed by atoms with Crippen LogP contribution in [-0.4, -0.2) is 29.7 Å². The first kappa shape index (κ1) is 12.7. The zero-order valence-corrected chi connectivity index (χ0v) is 9.26. The van der Waals surface area contributed by atoms with Crippen molar-refractivity contribution in [1.29, 1.82) is 0 Å². The van der Waals surface area contributed by atoms with Gasteiger partial charge in [0.15, 0.2) is 0 Å². The summed E-state index contributed by atoms with van der Waals surface area (Å²) in [6.45, 7) is 5.59. The molecule has 16 heavy (non-hydrogen) atoms. The maximum atomic E-state index is 11.5. The summed E-state index contributed by atoms with van der Waals surface area (Å²) in [4.78, 5) is 22.3. The Kier molecular flexibility index (Phi) is 4.06. The highest BCUT2D eigenvalue weighted by atomic mass is 16.5. The zero-order chi connectivity index (χ0) is 12.3. The summed E-state index contributed by atoms with van der Waals surface area (Å²) < 4.78 is 4.88. The van der Waals surface area contributed by atoms with E-state index in [-0.39, 0.29) is 23.7 Å². The molecular weight excluding hydrogens is 210 g/mol. The van der Waals surface area contributed by atoms with Gasteiger partial charge in [0.25, 0.3) is 0 Å². The zero-order valence-electron chi connectivity index (χ0n) is 9.26. The molecule has 5 nitrogen and oxygen atoms in total. The van der Waals surface area contributed by atoms with E-state index >= 15 is 0 Å². The molecular formula is C11H17NO4. The molecule has 1 aliphatic rings. The van der Waals surface area contributed by atoms with Gasteiger partial charge in [0.2, 0.25) is 0 Å².